The van der Waals surface area contributed by atoms with Crippen molar-refractivity contribution in [3.8, 4) is 23.3 Å². The highest BCUT2D eigenvalue weighted by atomic mass is 32.2. The lowest BCUT2D eigenvalue weighted by molar-refractivity contribution is 0.411. The van der Waals surface area contributed by atoms with Crippen molar-refractivity contribution in [1.82, 2.24) is 9.97 Å². The number of nitrogens with zero attached hydrogens (tertiary/aromatic N) is 2. The quantitative estimate of drug-likeness (QED) is 0.438. The zero-order valence-electron chi connectivity index (χ0n) is 16.0. The summed E-state index contributed by atoms with van der Waals surface area (Å²) >= 11 is 0. The van der Waals surface area contributed by atoms with Crippen LogP contribution in [0.3, 0.4) is 0 Å². The van der Waals surface area contributed by atoms with Gasteiger partial charge in [0.2, 0.25) is 0 Å². The molecule has 0 spiro atoms. The first-order valence-electron chi connectivity index (χ1n) is 9.10. The summed E-state index contributed by atoms with van der Waals surface area (Å²) in [6.07, 6.45) is 2.46. The molecule has 1 N–H and O–H groups in total. The van der Waals surface area contributed by atoms with Crippen LogP contribution in [0, 0.1) is 5.82 Å². The molecule has 0 aliphatic heterocycles. The largest absolute Gasteiger partial charge is 0.457 e. The highest BCUT2D eigenvalue weighted by molar-refractivity contribution is 7.92. The molecule has 7 nitrogen and oxygen atoms in total. The van der Waals surface area contributed by atoms with Crippen LogP contribution in [0.15, 0.2) is 96.2 Å². The van der Waals surface area contributed by atoms with Gasteiger partial charge in [-0.15, -0.1) is 0 Å². The Bertz CT molecular complexity index is 1270. The molecule has 31 heavy (non-hydrogen) atoms. The van der Waals surface area contributed by atoms with Crippen molar-refractivity contribution < 1.29 is 22.3 Å². The molecule has 4 rings (SSSR count). The topological polar surface area (TPSA) is 90.4 Å². The second kappa shape index (κ2) is 8.80. The standard InChI is InChI=1S/C22H16FN3O4S/c23-20-8-4-5-9-21(20)30-22-24-14-16(15-25-22)26-31(27,28)19-12-10-18(11-13-19)29-17-6-2-1-3-7-17/h1-15,26H. The molecular formula is C22H16FN3O4S. The van der Waals surface area contributed by atoms with E-state index in [9.17, 15) is 12.8 Å². The van der Waals surface area contributed by atoms with Crippen LogP contribution in [0.5, 0.6) is 23.3 Å². The van der Waals surface area contributed by atoms with Crippen LogP contribution >= 0.6 is 0 Å². The summed E-state index contributed by atoms with van der Waals surface area (Å²) in [4.78, 5) is 7.86. The molecule has 0 amide bonds. The zero-order chi connectivity index (χ0) is 21.7. The maximum atomic E-state index is 13.6. The Labute approximate surface area is 178 Å². The Balaban J connectivity index is 1.43. The van der Waals surface area contributed by atoms with Gasteiger partial charge in [-0.3, -0.25) is 4.72 Å². The molecule has 0 unspecified atom stereocenters. The van der Waals surface area contributed by atoms with Crippen molar-refractivity contribution in [3.05, 3.63) is 97.1 Å². The number of hydrogen-bond acceptors (Lipinski definition) is 6. The minimum Gasteiger partial charge on any atom is -0.457 e. The van der Waals surface area contributed by atoms with Crippen LogP contribution in [-0.4, -0.2) is 18.4 Å². The van der Waals surface area contributed by atoms with Gasteiger partial charge in [-0.05, 0) is 48.5 Å². The Morgan fingerprint density at radius 2 is 1.35 bits per heavy atom. The lowest BCUT2D eigenvalue weighted by Gasteiger charge is -2.10. The van der Waals surface area contributed by atoms with Gasteiger partial charge in [0.05, 0.1) is 23.0 Å². The fourth-order valence-corrected chi connectivity index (χ4v) is 3.60. The number of halogens is 1. The Morgan fingerprint density at radius 1 is 0.742 bits per heavy atom. The third-order valence-corrected chi connectivity index (χ3v) is 5.43. The van der Waals surface area contributed by atoms with Crippen LogP contribution in [0.1, 0.15) is 0 Å². The SMILES string of the molecule is O=S(=O)(Nc1cnc(Oc2ccccc2F)nc1)c1ccc(Oc2ccccc2)cc1. The molecule has 1 heterocycles. The smallest absolute Gasteiger partial charge is 0.322 e. The van der Waals surface area contributed by atoms with E-state index in [1.807, 2.05) is 18.2 Å². The van der Waals surface area contributed by atoms with E-state index in [4.69, 9.17) is 9.47 Å². The van der Waals surface area contributed by atoms with E-state index in [0.29, 0.717) is 11.5 Å². The highest BCUT2D eigenvalue weighted by Crippen LogP contribution is 2.24. The summed E-state index contributed by atoms with van der Waals surface area (Å²) in [6, 6.07) is 20.8. The number of anilines is 1. The minimum absolute atomic E-state index is 0.0337. The fraction of sp³-hybridized carbons (Fsp3) is 0. The van der Waals surface area contributed by atoms with Gasteiger partial charge in [0.15, 0.2) is 11.6 Å². The first-order valence-corrected chi connectivity index (χ1v) is 10.6. The maximum Gasteiger partial charge on any atom is 0.322 e. The minimum atomic E-state index is -3.87. The van der Waals surface area contributed by atoms with E-state index in [1.54, 1.807) is 30.3 Å². The number of benzene rings is 3. The van der Waals surface area contributed by atoms with Gasteiger partial charge in [-0.1, -0.05) is 30.3 Å². The van der Waals surface area contributed by atoms with Gasteiger partial charge in [-0.2, -0.15) is 0 Å². The van der Waals surface area contributed by atoms with E-state index < -0.39 is 15.8 Å². The van der Waals surface area contributed by atoms with Crippen LogP contribution in [-0.2, 0) is 10.0 Å². The predicted molar refractivity (Wildman–Crippen MR) is 112 cm³/mol. The Morgan fingerprint density at radius 3 is 2.03 bits per heavy atom. The Kier molecular flexibility index (Phi) is 5.76. The lowest BCUT2D eigenvalue weighted by Crippen LogP contribution is -2.13. The lowest BCUT2D eigenvalue weighted by atomic mass is 10.3. The first-order chi connectivity index (χ1) is 15.0. The van der Waals surface area contributed by atoms with Gasteiger partial charge in [0, 0.05) is 0 Å². The number of aromatic nitrogens is 2. The van der Waals surface area contributed by atoms with Crippen molar-refractivity contribution in [3.63, 3.8) is 0 Å². The Hall–Kier alpha value is -3.98. The zero-order valence-corrected chi connectivity index (χ0v) is 16.8. The molecule has 0 aliphatic rings. The number of sulfonamides is 1. The summed E-state index contributed by atoms with van der Waals surface area (Å²) in [6.45, 7) is 0. The van der Waals surface area contributed by atoms with E-state index in [2.05, 4.69) is 14.7 Å². The molecule has 0 saturated heterocycles. The van der Waals surface area contributed by atoms with Gasteiger partial charge in [0.25, 0.3) is 10.0 Å². The normalized spacial score (nSPS) is 11.0. The van der Waals surface area contributed by atoms with Gasteiger partial charge < -0.3 is 9.47 Å². The highest BCUT2D eigenvalue weighted by Gasteiger charge is 2.15. The molecule has 9 heteroatoms. The van der Waals surface area contributed by atoms with Crippen molar-refractivity contribution >= 4 is 15.7 Å². The molecule has 0 saturated carbocycles. The molecule has 0 atom stereocenters. The van der Waals surface area contributed by atoms with Gasteiger partial charge in [0.1, 0.15) is 11.5 Å². The fourth-order valence-electron chi connectivity index (χ4n) is 2.57. The number of para-hydroxylation sites is 2. The monoisotopic (exact) mass is 437 g/mol. The van der Waals surface area contributed by atoms with E-state index >= 15 is 0 Å². The molecule has 0 radical (unpaired) electrons. The summed E-state index contributed by atoms with van der Waals surface area (Å²) in [5.41, 5.74) is 0.130. The average Bonchev–Trinajstić information content (AvgIpc) is 2.78. The molecule has 1 aromatic heterocycles. The summed E-state index contributed by atoms with van der Waals surface area (Å²) in [5, 5.41) is 0. The third-order valence-electron chi connectivity index (χ3n) is 4.03. The van der Waals surface area contributed by atoms with Crippen LogP contribution in [0.25, 0.3) is 0 Å². The van der Waals surface area contributed by atoms with Crippen molar-refractivity contribution in [2.45, 2.75) is 4.90 Å². The average molecular weight is 437 g/mol. The van der Waals surface area contributed by atoms with Crippen LogP contribution in [0.2, 0.25) is 0 Å². The molecule has 0 aliphatic carbocycles. The first kappa shape index (κ1) is 20.3. The number of hydrogen-bond donors (Lipinski definition) is 1. The van der Waals surface area contributed by atoms with E-state index in [-0.39, 0.29) is 22.3 Å². The summed E-state index contributed by atoms with van der Waals surface area (Å²) < 4.78 is 52.1. The van der Waals surface area contributed by atoms with Crippen molar-refractivity contribution in [2.24, 2.45) is 0 Å². The second-order valence-corrected chi connectivity index (χ2v) is 7.96. The predicted octanol–water partition coefficient (Wildman–Crippen LogP) is 5.00. The van der Waals surface area contributed by atoms with Gasteiger partial charge in [-0.25, -0.2) is 22.8 Å². The molecule has 0 fully saturated rings. The van der Waals surface area contributed by atoms with Crippen LogP contribution in [0.4, 0.5) is 10.1 Å². The molecule has 0 bridgehead atoms. The van der Waals surface area contributed by atoms with Crippen LogP contribution < -0.4 is 14.2 Å². The van der Waals surface area contributed by atoms with Crippen molar-refractivity contribution in [2.75, 3.05) is 4.72 Å². The number of rotatable bonds is 7. The summed E-state index contributed by atoms with van der Waals surface area (Å²) in [7, 11) is -3.87. The molecule has 156 valence electrons. The number of ether oxygens (including phenoxy) is 2. The third kappa shape index (κ3) is 5.14. The summed E-state index contributed by atoms with van der Waals surface area (Å²) in [5.74, 6) is 0.554. The maximum absolute atomic E-state index is 13.6. The molecule has 4 aromatic rings. The van der Waals surface area contributed by atoms with Gasteiger partial charge >= 0.3 is 6.01 Å². The molecule has 3 aromatic carbocycles. The van der Waals surface area contributed by atoms with E-state index in [1.165, 1.54) is 42.7 Å². The molecular weight excluding hydrogens is 421 g/mol. The number of nitrogens with one attached hydrogen (secondary N) is 1. The van der Waals surface area contributed by atoms with Crippen molar-refractivity contribution in [1.29, 1.82) is 0 Å². The second-order valence-electron chi connectivity index (χ2n) is 6.28. The van der Waals surface area contributed by atoms with E-state index in [0.717, 1.165) is 0 Å².